The summed E-state index contributed by atoms with van der Waals surface area (Å²) in [6.45, 7) is 0. The van der Waals surface area contributed by atoms with E-state index in [1.54, 1.807) is 6.33 Å². The molecule has 1 aromatic carbocycles. The maximum atomic E-state index is 12.8. The molecule has 2 aliphatic rings. The fourth-order valence-electron chi connectivity index (χ4n) is 3.53. The number of amides is 1. The first kappa shape index (κ1) is 15.7. The van der Waals surface area contributed by atoms with E-state index in [1.165, 1.54) is 50.3 Å². The fourth-order valence-corrected chi connectivity index (χ4v) is 4.33. The summed E-state index contributed by atoms with van der Waals surface area (Å²) in [5, 5.41) is 8.98. The van der Waals surface area contributed by atoms with Gasteiger partial charge in [0.15, 0.2) is 5.16 Å². The molecular weight excluding hydrogens is 320 g/mol. The molecule has 0 aliphatic heterocycles. The molecule has 0 saturated heterocycles. The third kappa shape index (κ3) is 3.34. The van der Waals surface area contributed by atoms with Crippen LogP contribution in [0.1, 0.15) is 38.5 Å². The van der Waals surface area contributed by atoms with Gasteiger partial charge in [0.25, 0.3) is 0 Å². The van der Waals surface area contributed by atoms with E-state index in [1.807, 2.05) is 34.9 Å². The molecule has 5 nitrogen and oxygen atoms in total. The van der Waals surface area contributed by atoms with Crippen LogP contribution in [0.4, 0.5) is 0 Å². The zero-order valence-corrected chi connectivity index (χ0v) is 14.5. The van der Waals surface area contributed by atoms with Crippen molar-refractivity contribution in [2.24, 2.45) is 0 Å². The summed E-state index contributed by atoms with van der Waals surface area (Å²) < 4.78 is 1.94. The Balaban J connectivity index is 1.43. The van der Waals surface area contributed by atoms with Crippen molar-refractivity contribution in [3.63, 3.8) is 0 Å². The molecule has 0 bridgehead atoms. The van der Waals surface area contributed by atoms with Crippen molar-refractivity contribution in [2.75, 3.05) is 5.75 Å². The standard InChI is InChI=1S/C18H22N4OS/c23-17(22(16-10-11-16)15-8-4-5-9-15)12-24-18-20-19-13-21(18)14-6-2-1-3-7-14/h1-3,6-7,13,15-16H,4-5,8-12H2. The Hall–Kier alpha value is -1.82. The molecule has 2 aromatic rings. The summed E-state index contributed by atoms with van der Waals surface area (Å²) in [4.78, 5) is 15.0. The summed E-state index contributed by atoms with van der Waals surface area (Å²) in [5.74, 6) is 0.704. The van der Waals surface area contributed by atoms with Crippen molar-refractivity contribution in [2.45, 2.75) is 55.8 Å². The van der Waals surface area contributed by atoms with E-state index in [4.69, 9.17) is 0 Å². The second-order valence-electron chi connectivity index (χ2n) is 6.58. The van der Waals surface area contributed by atoms with Crippen molar-refractivity contribution in [1.29, 1.82) is 0 Å². The SMILES string of the molecule is O=C(CSc1nncn1-c1ccccc1)N(C1CCCC1)C1CC1. The van der Waals surface area contributed by atoms with Gasteiger partial charge in [0.2, 0.25) is 5.91 Å². The van der Waals surface area contributed by atoms with Crippen molar-refractivity contribution >= 4 is 17.7 Å². The van der Waals surface area contributed by atoms with Crippen LogP contribution in [0.2, 0.25) is 0 Å². The van der Waals surface area contributed by atoms with E-state index in [-0.39, 0.29) is 5.91 Å². The van der Waals surface area contributed by atoms with Gasteiger partial charge in [-0.25, -0.2) is 0 Å². The first-order valence-electron chi connectivity index (χ1n) is 8.72. The Morgan fingerprint density at radius 2 is 1.83 bits per heavy atom. The van der Waals surface area contributed by atoms with Crippen molar-refractivity contribution < 1.29 is 4.79 Å². The van der Waals surface area contributed by atoms with Crippen LogP contribution in [0.3, 0.4) is 0 Å². The highest BCUT2D eigenvalue weighted by Gasteiger charge is 2.38. The molecule has 24 heavy (non-hydrogen) atoms. The molecule has 0 spiro atoms. The first-order chi connectivity index (χ1) is 11.8. The molecule has 1 heterocycles. The molecule has 0 unspecified atom stereocenters. The number of carbonyl (C=O) groups excluding carboxylic acids is 1. The molecule has 126 valence electrons. The van der Waals surface area contributed by atoms with Gasteiger partial charge in [-0.3, -0.25) is 9.36 Å². The highest BCUT2D eigenvalue weighted by atomic mass is 32.2. The van der Waals surface area contributed by atoms with Crippen LogP contribution in [0.5, 0.6) is 0 Å². The van der Waals surface area contributed by atoms with Crippen LogP contribution >= 0.6 is 11.8 Å². The number of para-hydroxylation sites is 1. The number of carbonyl (C=O) groups is 1. The first-order valence-corrected chi connectivity index (χ1v) is 9.71. The summed E-state index contributed by atoms with van der Waals surface area (Å²) in [7, 11) is 0. The Morgan fingerprint density at radius 3 is 2.54 bits per heavy atom. The predicted molar refractivity (Wildman–Crippen MR) is 94.2 cm³/mol. The number of thioether (sulfide) groups is 1. The topological polar surface area (TPSA) is 51.0 Å². The smallest absolute Gasteiger partial charge is 0.233 e. The minimum atomic E-state index is 0.261. The van der Waals surface area contributed by atoms with Crippen LogP contribution in [0, 0.1) is 0 Å². The normalized spacial score (nSPS) is 18.0. The van der Waals surface area contributed by atoms with E-state index in [2.05, 4.69) is 15.1 Å². The molecule has 0 N–H and O–H groups in total. The summed E-state index contributed by atoms with van der Waals surface area (Å²) >= 11 is 1.49. The minimum Gasteiger partial charge on any atom is -0.336 e. The lowest BCUT2D eigenvalue weighted by Gasteiger charge is -2.29. The molecule has 2 saturated carbocycles. The van der Waals surface area contributed by atoms with Crippen LogP contribution in [0.15, 0.2) is 41.8 Å². The van der Waals surface area contributed by atoms with E-state index in [0.29, 0.717) is 17.8 Å². The maximum Gasteiger partial charge on any atom is 0.233 e. The van der Waals surface area contributed by atoms with Crippen LogP contribution in [0.25, 0.3) is 5.69 Å². The average Bonchev–Trinajstić information content (AvgIpc) is 3.11. The number of hydrogen-bond donors (Lipinski definition) is 0. The zero-order chi connectivity index (χ0) is 16.4. The summed E-state index contributed by atoms with van der Waals surface area (Å²) in [5.41, 5.74) is 1.02. The second kappa shape index (κ2) is 6.97. The number of nitrogens with zero attached hydrogens (tertiary/aromatic N) is 4. The predicted octanol–water partition coefficient (Wildman–Crippen LogP) is 3.29. The van der Waals surface area contributed by atoms with Gasteiger partial charge in [-0.05, 0) is 37.8 Å². The van der Waals surface area contributed by atoms with Crippen LogP contribution in [-0.4, -0.2) is 43.4 Å². The Morgan fingerprint density at radius 1 is 1.12 bits per heavy atom. The lowest BCUT2D eigenvalue weighted by atomic mass is 10.2. The third-order valence-corrected chi connectivity index (χ3v) is 5.75. The third-order valence-electron chi connectivity index (χ3n) is 4.82. The van der Waals surface area contributed by atoms with Crippen LogP contribution in [-0.2, 0) is 4.79 Å². The Kier molecular flexibility index (Phi) is 4.56. The van der Waals surface area contributed by atoms with E-state index in [0.717, 1.165) is 10.8 Å². The van der Waals surface area contributed by atoms with Crippen molar-refractivity contribution in [3.8, 4) is 5.69 Å². The van der Waals surface area contributed by atoms with Gasteiger partial charge in [0.05, 0.1) is 5.75 Å². The maximum absolute atomic E-state index is 12.8. The van der Waals surface area contributed by atoms with Gasteiger partial charge in [0.1, 0.15) is 6.33 Å². The minimum absolute atomic E-state index is 0.261. The lowest BCUT2D eigenvalue weighted by molar-refractivity contribution is -0.131. The molecule has 2 aliphatic carbocycles. The molecule has 0 atom stereocenters. The van der Waals surface area contributed by atoms with E-state index >= 15 is 0 Å². The molecule has 6 heteroatoms. The summed E-state index contributed by atoms with van der Waals surface area (Å²) in [6.07, 6.45) is 8.92. The second-order valence-corrected chi connectivity index (χ2v) is 7.52. The van der Waals surface area contributed by atoms with Gasteiger partial charge in [-0.15, -0.1) is 10.2 Å². The van der Waals surface area contributed by atoms with Crippen molar-refractivity contribution in [3.05, 3.63) is 36.7 Å². The Bertz CT molecular complexity index is 692. The van der Waals surface area contributed by atoms with Gasteiger partial charge in [-0.2, -0.15) is 0 Å². The van der Waals surface area contributed by atoms with Crippen LogP contribution < -0.4 is 0 Å². The quantitative estimate of drug-likeness (QED) is 0.756. The molecule has 0 radical (unpaired) electrons. The number of hydrogen-bond acceptors (Lipinski definition) is 4. The molecule has 1 aromatic heterocycles. The van der Waals surface area contributed by atoms with Gasteiger partial charge < -0.3 is 4.90 Å². The summed E-state index contributed by atoms with van der Waals surface area (Å²) in [6, 6.07) is 11.0. The molecule has 1 amide bonds. The Labute approximate surface area is 146 Å². The molecule has 2 fully saturated rings. The van der Waals surface area contributed by atoms with E-state index < -0.39 is 0 Å². The molecular formula is C18H22N4OS. The monoisotopic (exact) mass is 342 g/mol. The number of rotatable bonds is 6. The fraction of sp³-hybridized carbons (Fsp3) is 0.500. The van der Waals surface area contributed by atoms with E-state index in [9.17, 15) is 4.79 Å². The van der Waals surface area contributed by atoms with Crippen molar-refractivity contribution in [1.82, 2.24) is 19.7 Å². The van der Waals surface area contributed by atoms with Gasteiger partial charge in [-0.1, -0.05) is 42.8 Å². The molecule has 4 rings (SSSR count). The van der Waals surface area contributed by atoms with Gasteiger partial charge in [0, 0.05) is 17.8 Å². The zero-order valence-electron chi connectivity index (χ0n) is 13.7. The van der Waals surface area contributed by atoms with Gasteiger partial charge >= 0.3 is 0 Å². The lowest BCUT2D eigenvalue weighted by Crippen LogP contribution is -2.41. The largest absolute Gasteiger partial charge is 0.336 e. The highest BCUT2D eigenvalue weighted by Crippen LogP contribution is 2.35. The highest BCUT2D eigenvalue weighted by molar-refractivity contribution is 7.99. The average molecular weight is 342 g/mol. The number of benzene rings is 1. The number of aromatic nitrogens is 3.